The third-order valence-corrected chi connectivity index (χ3v) is 7.60. The van der Waals surface area contributed by atoms with Crippen LogP contribution >= 0.6 is 0 Å². The number of rotatable bonds is 10. The van der Waals surface area contributed by atoms with E-state index in [2.05, 4.69) is 15.3 Å². The molecule has 8 heteroatoms. The van der Waals surface area contributed by atoms with Crippen molar-refractivity contribution in [2.45, 2.75) is 30.6 Å². The summed E-state index contributed by atoms with van der Waals surface area (Å²) in [6.07, 6.45) is 3.68. The highest BCUT2D eigenvalue weighted by atomic mass is 32.2. The zero-order valence-electron chi connectivity index (χ0n) is 18.7. The van der Waals surface area contributed by atoms with Crippen LogP contribution in [0, 0.1) is 0 Å². The van der Waals surface area contributed by atoms with Gasteiger partial charge in [-0.15, -0.1) is 0 Å². The fourth-order valence-corrected chi connectivity index (χ4v) is 5.07. The molecule has 33 heavy (non-hydrogen) atoms. The molecule has 1 aromatic heterocycles. The number of benzene rings is 3. The number of anilines is 2. The van der Waals surface area contributed by atoms with E-state index in [1.807, 2.05) is 54.6 Å². The van der Waals surface area contributed by atoms with E-state index in [-0.39, 0.29) is 0 Å². The molecule has 0 aliphatic carbocycles. The van der Waals surface area contributed by atoms with Crippen molar-refractivity contribution < 1.29 is 8.42 Å². The Labute approximate surface area is 194 Å². The van der Waals surface area contributed by atoms with Gasteiger partial charge in [-0.25, -0.2) is 17.7 Å². The SMILES string of the molecule is CN(CCCCCCNc1nc(N)c2ccccc2n1)S(=O)(=O)c1ccc2ccccc2c1. The summed E-state index contributed by atoms with van der Waals surface area (Å²) in [6, 6.07) is 20.7. The molecule has 3 N–H and O–H groups in total. The maximum Gasteiger partial charge on any atom is 0.242 e. The summed E-state index contributed by atoms with van der Waals surface area (Å²) in [5.41, 5.74) is 6.84. The zero-order chi connectivity index (χ0) is 23.3. The van der Waals surface area contributed by atoms with Crippen LogP contribution in [0.1, 0.15) is 25.7 Å². The van der Waals surface area contributed by atoms with E-state index in [4.69, 9.17) is 5.73 Å². The number of unbranched alkanes of at least 4 members (excludes halogenated alkanes) is 3. The van der Waals surface area contributed by atoms with Crippen LogP contribution in [0.4, 0.5) is 11.8 Å². The summed E-state index contributed by atoms with van der Waals surface area (Å²) in [5, 5.41) is 6.04. The molecule has 0 bridgehead atoms. The van der Waals surface area contributed by atoms with Crippen molar-refractivity contribution in [2.24, 2.45) is 0 Å². The fraction of sp³-hybridized carbons (Fsp3) is 0.280. The molecule has 7 nitrogen and oxygen atoms in total. The number of nitrogens with zero attached hydrogens (tertiary/aromatic N) is 3. The van der Waals surface area contributed by atoms with Gasteiger partial charge in [0.05, 0.1) is 10.4 Å². The quantitative estimate of drug-likeness (QED) is 0.332. The second-order valence-corrected chi connectivity index (χ2v) is 10.2. The number of fused-ring (bicyclic) bond motifs is 2. The van der Waals surface area contributed by atoms with Crippen molar-refractivity contribution in [3.63, 3.8) is 0 Å². The lowest BCUT2D eigenvalue weighted by Crippen LogP contribution is -2.28. The smallest absolute Gasteiger partial charge is 0.242 e. The standard InChI is InChI=1S/C25H29N5O2S/c1-30(33(31,32)21-15-14-19-10-4-5-11-20(19)18-21)17-9-3-2-8-16-27-25-28-23-13-7-6-12-22(23)24(26)29-25/h4-7,10-15,18H,2-3,8-9,16-17H2,1H3,(H3,26,27,28,29). The molecule has 0 unspecified atom stereocenters. The van der Waals surface area contributed by atoms with E-state index in [1.165, 1.54) is 4.31 Å². The van der Waals surface area contributed by atoms with Gasteiger partial charge in [0.25, 0.3) is 0 Å². The Kier molecular flexibility index (Phi) is 7.05. The molecular formula is C25H29N5O2S. The first kappa shape index (κ1) is 22.9. The van der Waals surface area contributed by atoms with Gasteiger partial charge in [0, 0.05) is 25.5 Å². The molecule has 3 aromatic carbocycles. The van der Waals surface area contributed by atoms with Crippen molar-refractivity contribution in [3.8, 4) is 0 Å². The van der Waals surface area contributed by atoms with E-state index in [0.717, 1.165) is 53.9 Å². The minimum atomic E-state index is -3.49. The summed E-state index contributed by atoms with van der Waals surface area (Å²) in [4.78, 5) is 9.14. The normalized spacial score (nSPS) is 11.9. The van der Waals surface area contributed by atoms with E-state index >= 15 is 0 Å². The lowest BCUT2D eigenvalue weighted by atomic mass is 10.1. The Morgan fingerprint density at radius 1 is 0.879 bits per heavy atom. The molecule has 0 saturated heterocycles. The summed E-state index contributed by atoms with van der Waals surface area (Å²) >= 11 is 0. The van der Waals surface area contributed by atoms with Crippen molar-refractivity contribution in [3.05, 3.63) is 66.7 Å². The highest BCUT2D eigenvalue weighted by Crippen LogP contribution is 2.22. The van der Waals surface area contributed by atoms with Crippen molar-refractivity contribution in [1.82, 2.24) is 14.3 Å². The van der Waals surface area contributed by atoms with Crippen LogP contribution in [0.5, 0.6) is 0 Å². The molecule has 0 radical (unpaired) electrons. The summed E-state index contributed by atoms with van der Waals surface area (Å²) in [6.45, 7) is 1.23. The molecule has 0 amide bonds. The van der Waals surface area contributed by atoms with Crippen LogP contribution in [-0.2, 0) is 10.0 Å². The lowest BCUT2D eigenvalue weighted by molar-refractivity contribution is 0.451. The molecule has 172 valence electrons. The summed E-state index contributed by atoms with van der Waals surface area (Å²) < 4.78 is 27.3. The van der Waals surface area contributed by atoms with Crippen molar-refractivity contribution >= 4 is 43.5 Å². The average Bonchev–Trinajstić information content (AvgIpc) is 2.83. The predicted octanol–water partition coefficient (Wildman–Crippen LogP) is 4.66. The second-order valence-electron chi connectivity index (χ2n) is 8.13. The maximum atomic E-state index is 12.9. The van der Waals surface area contributed by atoms with Crippen molar-refractivity contribution in [1.29, 1.82) is 0 Å². The first-order chi connectivity index (χ1) is 15.9. The third-order valence-electron chi connectivity index (χ3n) is 5.74. The minimum absolute atomic E-state index is 0.336. The van der Waals surface area contributed by atoms with E-state index in [9.17, 15) is 8.42 Å². The second kappa shape index (κ2) is 10.1. The van der Waals surface area contributed by atoms with E-state index in [1.54, 1.807) is 19.2 Å². The molecule has 0 atom stereocenters. The summed E-state index contributed by atoms with van der Waals surface area (Å²) in [5.74, 6) is 1.01. The average molecular weight is 464 g/mol. The number of nitrogen functional groups attached to an aromatic ring is 1. The summed E-state index contributed by atoms with van der Waals surface area (Å²) in [7, 11) is -1.85. The first-order valence-corrected chi connectivity index (χ1v) is 12.6. The van der Waals surface area contributed by atoms with Gasteiger partial charge in [-0.2, -0.15) is 4.98 Å². The Hall–Kier alpha value is -3.23. The zero-order valence-corrected chi connectivity index (χ0v) is 19.6. The number of hydrogen-bond acceptors (Lipinski definition) is 6. The topological polar surface area (TPSA) is 101 Å². The molecule has 0 aliphatic rings. The molecular weight excluding hydrogens is 434 g/mol. The van der Waals surface area contributed by atoms with Crippen LogP contribution in [0.2, 0.25) is 0 Å². The van der Waals surface area contributed by atoms with Gasteiger partial charge in [-0.05, 0) is 47.9 Å². The van der Waals surface area contributed by atoms with Gasteiger partial charge in [-0.3, -0.25) is 0 Å². The highest BCUT2D eigenvalue weighted by Gasteiger charge is 2.20. The Morgan fingerprint density at radius 2 is 1.61 bits per heavy atom. The monoisotopic (exact) mass is 463 g/mol. The molecule has 0 spiro atoms. The van der Waals surface area contributed by atoms with Crippen LogP contribution < -0.4 is 11.1 Å². The van der Waals surface area contributed by atoms with Gasteiger partial charge < -0.3 is 11.1 Å². The van der Waals surface area contributed by atoms with Gasteiger partial charge in [0.15, 0.2) is 0 Å². The molecule has 4 aromatic rings. The lowest BCUT2D eigenvalue weighted by Gasteiger charge is -2.17. The van der Waals surface area contributed by atoms with Crippen LogP contribution in [0.3, 0.4) is 0 Å². The Morgan fingerprint density at radius 3 is 2.45 bits per heavy atom. The van der Waals surface area contributed by atoms with E-state index in [0.29, 0.717) is 23.2 Å². The number of nitrogens with two attached hydrogens (primary N) is 1. The minimum Gasteiger partial charge on any atom is -0.383 e. The number of aromatic nitrogens is 2. The predicted molar refractivity (Wildman–Crippen MR) is 135 cm³/mol. The van der Waals surface area contributed by atoms with Gasteiger partial charge >= 0.3 is 0 Å². The highest BCUT2D eigenvalue weighted by molar-refractivity contribution is 7.89. The molecule has 0 fully saturated rings. The third kappa shape index (κ3) is 5.40. The van der Waals surface area contributed by atoms with Crippen LogP contribution in [0.15, 0.2) is 71.6 Å². The number of para-hydroxylation sites is 1. The first-order valence-electron chi connectivity index (χ1n) is 11.2. The maximum absolute atomic E-state index is 12.9. The number of hydrogen-bond donors (Lipinski definition) is 2. The van der Waals surface area contributed by atoms with E-state index < -0.39 is 10.0 Å². The van der Waals surface area contributed by atoms with Gasteiger partial charge in [0.1, 0.15) is 5.82 Å². The Bertz CT molecular complexity index is 1360. The van der Waals surface area contributed by atoms with Gasteiger partial charge in [0.2, 0.25) is 16.0 Å². The van der Waals surface area contributed by atoms with Gasteiger partial charge in [-0.1, -0.05) is 55.3 Å². The number of nitrogens with one attached hydrogen (secondary N) is 1. The molecule has 4 rings (SSSR count). The van der Waals surface area contributed by atoms with Crippen molar-refractivity contribution in [2.75, 3.05) is 31.2 Å². The largest absolute Gasteiger partial charge is 0.383 e. The molecule has 0 saturated carbocycles. The molecule has 0 aliphatic heterocycles. The molecule has 1 heterocycles. The fourth-order valence-electron chi connectivity index (χ4n) is 3.82. The number of sulfonamides is 1. The Balaban J connectivity index is 1.21. The van der Waals surface area contributed by atoms with Crippen LogP contribution in [0.25, 0.3) is 21.7 Å². The van der Waals surface area contributed by atoms with Crippen LogP contribution in [-0.4, -0.2) is 42.8 Å².